The van der Waals surface area contributed by atoms with Gasteiger partial charge in [0.15, 0.2) is 0 Å². The van der Waals surface area contributed by atoms with Gasteiger partial charge in [-0.3, -0.25) is 4.79 Å². The summed E-state index contributed by atoms with van der Waals surface area (Å²) in [5.41, 5.74) is 0.589. The highest BCUT2D eigenvalue weighted by molar-refractivity contribution is 6.31. The Bertz CT molecular complexity index is 413. The molecule has 0 radical (unpaired) electrons. The lowest BCUT2D eigenvalue weighted by Gasteiger charge is -2.23. The van der Waals surface area contributed by atoms with Crippen LogP contribution in [0.25, 0.3) is 0 Å². The summed E-state index contributed by atoms with van der Waals surface area (Å²) in [5, 5.41) is 6.68. The highest BCUT2D eigenvalue weighted by atomic mass is 35.5. The first-order valence-electron chi connectivity index (χ1n) is 6.17. The zero-order valence-corrected chi connectivity index (χ0v) is 11.2. The summed E-state index contributed by atoms with van der Waals surface area (Å²) in [6.07, 6.45) is 1.80. The molecule has 1 aliphatic rings. The smallest absolute Gasteiger partial charge is 0.268 e. The fraction of sp³-hybridized carbons (Fsp3) is 0.583. The molecule has 1 amide bonds. The lowest BCUT2D eigenvalue weighted by atomic mass is 10.3. The first kappa shape index (κ1) is 13.4. The van der Waals surface area contributed by atoms with Crippen molar-refractivity contribution in [3.05, 3.63) is 23.0 Å². The van der Waals surface area contributed by atoms with Gasteiger partial charge in [0.2, 0.25) is 0 Å². The minimum Gasteiger partial charge on any atom is -0.374 e. The van der Waals surface area contributed by atoms with Gasteiger partial charge in [0, 0.05) is 32.4 Å². The summed E-state index contributed by atoms with van der Waals surface area (Å²) in [6, 6.07) is 1.68. The van der Waals surface area contributed by atoms with Gasteiger partial charge in [-0.1, -0.05) is 11.6 Å². The van der Waals surface area contributed by atoms with Gasteiger partial charge >= 0.3 is 0 Å². The molecule has 18 heavy (non-hydrogen) atoms. The Kier molecular flexibility index (Phi) is 4.63. The fourth-order valence-electron chi connectivity index (χ4n) is 1.97. The highest BCUT2D eigenvalue weighted by Gasteiger charge is 2.17. The summed E-state index contributed by atoms with van der Waals surface area (Å²) in [5.74, 6) is -0.113. The Hall–Kier alpha value is -1.04. The molecule has 1 atom stereocenters. The van der Waals surface area contributed by atoms with E-state index < -0.39 is 0 Å². The van der Waals surface area contributed by atoms with Crippen LogP contribution in [0.5, 0.6) is 0 Å². The molecular formula is C12H18ClN3O2. The van der Waals surface area contributed by atoms with Gasteiger partial charge in [-0.25, -0.2) is 0 Å². The maximum atomic E-state index is 12.0. The summed E-state index contributed by atoms with van der Waals surface area (Å²) < 4.78 is 7.35. The maximum Gasteiger partial charge on any atom is 0.268 e. The monoisotopic (exact) mass is 271 g/mol. The molecule has 0 aromatic carbocycles. The van der Waals surface area contributed by atoms with Crippen molar-refractivity contribution in [2.24, 2.45) is 0 Å². The number of hydrogen-bond donors (Lipinski definition) is 2. The van der Waals surface area contributed by atoms with E-state index in [1.54, 1.807) is 12.3 Å². The van der Waals surface area contributed by atoms with Crippen LogP contribution in [0.1, 0.15) is 17.4 Å². The molecule has 0 saturated carbocycles. The second kappa shape index (κ2) is 6.22. The second-order valence-electron chi connectivity index (χ2n) is 4.24. The van der Waals surface area contributed by atoms with Gasteiger partial charge in [-0.2, -0.15) is 0 Å². The Balaban J connectivity index is 1.90. The van der Waals surface area contributed by atoms with Crippen LogP contribution in [0.15, 0.2) is 12.3 Å². The highest BCUT2D eigenvalue weighted by Crippen LogP contribution is 2.14. The Morgan fingerprint density at radius 3 is 3.22 bits per heavy atom. The molecule has 6 heteroatoms. The van der Waals surface area contributed by atoms with Crippen molar-refractivity contribution >= 4 is 17.5 Å². The zero-order chi connectivity index (χ0) is 13.0. The molecular weight excluding hydrogens is 254 g/mol. The van der Waals surface area contributed by atoms with Crippen molar-refractivity contribution in [1.29, 1.82) is 0 Å². The fourth-order valence-corrected chi connectivity index (χ4v) is 2.20. The van der Waals surface area contributed by atoms with E-state index in [0.29, 0.717) is 23.9 Å². The van der Waals surface area contributed by atoms with Crippen LogP contribution in [0, 0.1) is 0 Å². The molecule has 2 heterocycles. The number of halogens is 1. The van der Waals surface area contributed by atoms with Gasteiger partial charge in [-0.15, -0.1) is 0 Å². The average molecular weight is 272 g/mol. The van der Waals surface area contributed by atoms with Crippen LogP contribution < -0.4 is 10.6 Å². The number of rotatable bonds is 4. The topological polar surface area (TPSA) is 55.3 Å². The normalized spacial score (nSPS) is 19.8. The first-order chi connectivity index (χ1) is 8.70. The Labute approximate surface area is 111 Å². The minimum absolute atomic E-state index is 0.0446. The van der Waals surface area contributed by atoms with E-state index in [9.17, 15) is 4.79 Å². The number of aromatic nitrogens is 1. The molecule has 1 unspecified atom stereocenters. The molecule has 2 rings (SSSR count). The Morgan fingerprint density at radius 2 is 2.56 bits per heavy atom. The van der Waals surface area contributed by atoms with E-state index in [1.165, 1.54) is 0 Å². The average Bonchev–Trinajstić information content (AvgIpc) is 2.78. The molecule has 1 aliphatic heterocycles. The minimum atomic E-state index is -0.113. The van der Waals surface area contributed by atoms with Crippen molar-refractivity contribution in [2.45, 2.75) is 19.6 Å². The molecule has 100 valence electrons. The molecule has 0 aliphatic carbocycles. The third-order valence-electron chi connectivity index (χ3n) is 2.93. The van der Waals surface area contributed by atoms with Crippen LogP contribution in [0.3, 0.4) is 0 Å². The number of amides is 1. The largest absolute Gasteiger partial charge is 0.374 e. The summed E-state index contributed by atoms with van der Waals surface area (Å²) >= 11 is 5.90. The third-order valence-corrected chi connectivity index (χ3v) is 3.14. The van der Waals surface area contributed by atoms with Gasteiger partial charge in [-0.05, 0) is 13.0 Å². The predicted octanol–water partition coefficient (Wildman–Crippen LogP) is 0.880. The number of morpholine rings is 1. The second-order valence-corrected chi connectivity index (χ2v) is 4.67. The van der Waals surface area contributed by atoms with Gasteiger partial charge in [0.05, 0.1) is 17.7 Å². The molecule has 0 bridgehead atoms. The molecule has 1 saturated heterocycles. The number of nitrogens with zero attached hydrogens (tertiary/aromatic N) is 1. The van der Waals surface area contributed by atoms with Crippen LogP contribution in [-0.4, -0.2) is 42.8 Å². The lowest BCUT2D eigenvalue weighted by molar-refractivity contribution is 0.0286. The molecule has 5 nitrogen and oxygen atoms in total. The number of ether oxygens (including phenoxy) is 1. The van der Waals surface area contributed by atoms with Crippen LogP contribution in [0.4, 0.5) is 0 Å². The van der Waals surface area contributed by atoms with Crippen molar-refractivity contribution < 1.29 is 9.53 Å². The number of nitrogens with one attached hydrogen (secondary N) is 2. The van der Waals surface area contributed by atoms with Crippen LogP contribution in [0.2, 0.25) is 5.02 Å². The molecule has 1 fully saturated rings. The summed E-state index contributed by atoms with van der Waals surface area (Å²) in [7, 11) is 0. The van der Waals surface area contributed by atoms with Gasteiger partial charge < -0.3 is 19.9 Å². The number of hydrogen-bond acceptors (Lipinski definition) is 3. The van der Waals surface area contributed by atoms with Crippen LogP contribution in [-0.2, 0) is 11.3 Å². The van der Waals surface area contributed by atoms with Gasteiger partial charge in [0.1, 0.15) is 5.69 Å². The van der Waals surface area contributed by atoms with E-state index in [-0.39, 0.29) is 12.0 Å². The molecule has 0 spiro atoms. The SMILES string of the molecule is CCn1cc(Cl)cc1C(=O)NCC1CNCCO1. The summed E-state index contributed by atoms with van der Waals surface area (Å²) in [6.45, 7) is 5.54. The number of carbonyl (C=O) groups excluding carboxylic acids is 1. The Morgan fingerprint density at radius 1 is 1.72 bits per heavy atom. The van der Waals surface area contributed by atoms with Gasteiger partial charge in [0.25, 0.3) is 5.91 Å². The van der Waals surface area contributed by atoms with E-state index in [0.717, 1.165) is 19.6 Å². The van der Waals surface area contributed by atoms with E-state index in [1.807, 2.05) is 11.5 Å². The standard InChI is InChI=1S/C12H18ClN3O2/c1-2-16-8-9(13)5-11(16)12(17)15-7-10-6-14-3-4-18-10/h5,8,10,14H,2-4,6-7H2,1H3,(H,15,17). The van der Waals surface area contributed by atoms with E-state index >= 15 is 0 Å². The third kappa shape index (κ3) is 3.25. The molecule has 2 N–H and O–H groups in total. The van der Waals surface area contributed by atoms with Crippen LogP contribution >= 0.6 is 11.6 Å². The van der Waals surface area contributed by atoms with E-state index in [4.69, 9.17) is 16.3 Å². The van der Waals surface area contributed by atoms with Crippen molar-refractivity contribution in [2.75, 3.05) is 26.2 Å². The first-order valence-corrected chi connectivity index (χ1v) is 6.54. The summed E-state index contributed by atoms with van der Waals surface area (Å²) in [4.78, 5) is 12.0. The maximum absolute atomic E-state index is 12.0. The van der Waals surface area contributed by atoms with Crippen molar-refractivity contribution in [3.8, 4) is 0 Å². The number of carbonyl (C=O) groups is 1. The van der Waals surface area contributed by atoms with Crippen molar-refractivity contribution in [3.63, 3.8) is 0 Å². The quantitative estimate of drug-likeness (QED) is 0.855. The van der Waals surface area contributed by atoms with Crippen molar-refractivity contribution in [1.82, 2.24) is 15.2 Å². The predicted molar refractivity (Wildman–Crippen MR) is 70.1 cm³/mol. The van der Waals surface area contributed by atoms with E-state index in [2.05, 4.69) is 10.6 Å². The number of aryl methyl sites for hydroxylation is 1. The zero-order valence-electron chi connectivity index (χ0n) is 10.4. The molecule has 1 aromatic rings. The molecule has 1 aromatic heterocycles. The lowest BCUT2D eigenvalue weighted by Crippen LogP contribution is -2.45.